The van der Waals surface area contributed by atoms with Gasteiger partial charge in [0.25, 0.3) is 0 Å². The molecule has 1 aliphatic rings. The van der Waals surface area contributed by atoms with Crippen LogP contribution < -0.4 is 10.6 Å². The molecule has 6 heteroatoms. The van der Waals surface area contributed by atoms with E-state index in [0.717, 1.165) is 25.7 Å². The highest BCUT2D eigenvalue weighted by atomic mass is 19.2. The summed E-state index contributed by atoms with van der Waals surface area (Å²) < 4.78 is 38.9. The van der Waals surface area contributed by atoms with Crippen LogP contribution in [0.4, 0.5) is 18.9 Å². The van der Waals surface area contributed by atoms with Crippen molar-refractivity contribution in [3.8, 4) is 0 Å². The minimum absolute atomic E-state index is 0.168. The Morgan fingerprint density at radius 1 is 1.11 bits per heavy atom. The summed E-state index contributed by atoms with van der Waals surface area (Å²) in [5.41, 5.74) is -0.222. The maximum Gasteiger partial charge on any atom is 0.239 e. The normalized spacial score (nSPS) is 15.5. The Hall–Kier alpha value is -1.72. The molecule has 0 bridgehead atoms. The summed E-state index contributed by atoms with van der Waals surface area (Å²) in [6, 6.07) is 1.32. The topological polar surface area (TPSA) is 41.1 Å². The Morgan fingerprint density at radius 2 is 1.74 bits per heavy atom. The highest BCUT2D eigenvalue weighted by Gasteiger charge is 2.17. The van der Waals surface area contributed by atoms with Crippen molar-refractivity contribution in [3.05, 3.63) is 29.6 Å². The molecule has 0 atom stereocenters. The van der Waals surface area contributed by atoms with Crippen molar-refractivity contribution in [2.45, 2.75) is 31.7 Å². The average Bonchev–Trinajstić information content (AvgIpc) is 2.85. The first-order valence-corrected chi connectivity index (χ1v) is 6.24. The molecule has 1 fully saturated rings. The number of nitrogens with one attached hydrogen (secondary N) is 2. The summed E-state index contributed by atoms with van der Waals surface area (Å²) in [5, 5.41) is 5.26. The van der Waals surface area contributed by atoms with Gasteiger partial charge in [0.1, 0.15) is 5.82 Å². The van der Waals surface area contributed by atoms with E-state index in [-0.39, 0.29) is 24.2 Å². The van der Waals surface area contributed by atoms with Crippen LogP contribution >= 0.6 is 0 Å². The fourth-order valence-corrected chi connectivity index (χ4v) is 2.18. The molecule has 2 N–H and O–H groups in total. The molecule has 0 heterocycles. The van der Waals surface area contributed by atoms with Gasteiger partial charge >= 0.3 is 0 Å². The molecule has 1 saturated carbocycles. The number of rotatable bonds is 4. The summed E-state index contributed by atoms with van der Waals surface area (Å²) in [7, 11) is 0. The number of hydrogen-bond donors (Lipinski definition) is 2. The Morgan fingerprint density at radius 3 is 2.42 bits per heavy atom. The zero-order valence-electron chi connectivity index (χ0n) is 10.3. The first-order valence-electron chi connectivity index (χ1n) is 6.24. The van der Waals surface area contributed by atoms with Gasteiger partial charge in [-0.3, -0.25) is 4.79 Å². The molecular weight excluding hydrogens is 257 g/mol. The molecule has 0 spiro atoms. The second kappa shape index (κ2) is 5.95. The van der Waals surface area contributed by atoms with E-state index in [1.54, 1.807) is 0 Å². The fourth-order valence-electron chi connectivity index (χ4n) is 2.18. The van der Waals surface area contributed by atoms with Crippen molar-refractivity contribution in [3.63, 3.8) is 0 Å². The summed E-state index contributed by atoms with van der Waals surface area (Å²) in [4.78, 5) is 11.6. The Bertz CT molecular complexity index is 473. The zero-order valence-corrected chi connectivity index (χ0v) is 10.3. The minimum atomic E-state index is -1.25. The van der Waals surface area contributed by atoms with Crippen LogP contribution in [0.3, 0.4) is 0 Å². The van der Waals surface area contributed by atoms with Gasteiger partial charge < -0.3 is 10.6 Å². The van der Waals surface area contributed by atoms with Gasteiger partial charge in [0.05, 0.1) is 12.2 Å². The van der Waals surface area contributed by atoms with Crippen molar-refractivity contribution < 1.29 is 18.0 Å². The van der Waals surface area contributed by atoms with E-state index in [4.69, 9.17) is 0 Å². The van der Waals surface area contributed by atoms with E-state index in [0.29, 0.717) is 12.1 Å². The van der Waals surface area contributed by atoms with Crippen LogP contribution in [0.1, 0.15) is 25.7 Å². The van der Waals surface area contributed by atoms with Gasteiger partial charge in [-0.25, -0.2) is 13.2 Å². The van der Waals surface area contributed by atoms with Gasteiger partial charge in [0.15, 0.2) is 11.6 Å². The van der Waals surface area contributed by atoms with Crippen LogP contribution in [0.2, 0.25) is 0 Å². The van der Waals surface area contributed by atoms with Crippen molar-refractivity contribution in [2.24, 2.45) is 0 Å². The summed E-state index contributed by atoms with van der Waals surface area (Å²) in [6.07, 6.45) is 4.09. The van der Waals surface area contributed by atoms with E-state index >= 15 is 0 Å². The number of carbonyl (C=O) groups excluding carboxylic acids is 1. The SMILES string of the molecule is O=C(CNc1cc(F)c(F)cc1F)NC1CCCC1. The molecule has 19 heavy (non-hydrogen) atoms. The summed E-state index contributed by atoms with van der Waals surface area (Å²) in [5.74, 6) is -3.61. The fraction of sp³-hybridized carbons (Fsp3) is 0.462. The highest BCUT2D eigenvalue weighted by molar-refractivity contribution is 5.81. The largest absolute Gasteiger partial charge is 0.374 e. The Labute approximate surface area is 109 Å². The van der Waals surface area contributed by atoms with E-state index in [1.807, 2.05) is 0 Å². The molecule has 104 valence electrons. The smallest absolute Gasteiger partial charge is 0.239 e. The molecule has 0 radical (unpaired) electrons. The maximum atomic E-state index is 13.3. The van der Waals surface area contributed by atoms with E-state index < -0.39 is 17.5 Å². The first-order chi connectivity index (χ1) is 9.06. The number of carbonyl (C=O) groups is 1. The van der Waals surface area contributed by atoms with E-state index in [1.165, 1.54) is 0 Å². The van der Waals surface area contributed by atoms with Crippen molar-refractivity contribution >= 4 is 11.6 Å². The van der Waals surface area contributed by atoms with Gasteiger partial charge in [-0.1, -0.05) is 12.8 Å². The van der Waals surface area contributed by atoms with Crippen LogP contribution in [-0.4, -0.2) is 18.5 Å². The predicted octanol–water partition coefficient (Wildman–Crippen LogP) is 2.57. The van der Waals surface area contributed by atoms with Crippen LogP contribution in [0.25, 0.3) is 0 Å². The molecule has 1 aromatic carbocycles. The molecule has 3 nitrogen and oxygen atoms in total. The van der Waals surface area contributed by atoms with Crippen molar-refractivity contribution in [1.29, 1.82) is 0 Å². The van der Waals surface area contributed by atoms with Gasteiger partial charge in [0, 0.05) is 18.2 Å². The second-order valence-electron chi connectivity index (χ2n) is 4.65. The second-order valence-corrected chi connectivity index (χ2v) is 4.65. The predicted molar refractivity (Wildman–Crippen MR) is 65.2 cm³/mol. The molecule has 2 rings (SSSR count). The third-order valence-electron chi connectivity index (χ3n) is 3.17. The third-order valence-corrected chi connectivity index (χ3v) is 3.17. The summed E-state index contributed by atoms with van der Waals surface area (Å²) >= 11 is 0. The Kier molecular flexibility index (Phi) is 4.29. The lowest BCUT2D eigenvalue weighted by Gasteiger charge is -2.13. The molecular formula is C13H15F3N2O. The van der Waals surface area contributed by atoms with Gasteiger partial charge in [-0.15, -0.1) is 0 Å². The number of amides is 1. The van der Waals surface area contributed by atoms with Gasteiger partial charge in [0.2, 0.25) is 5.91 Å². The van der Waals surface area contributed by atoms with Gasteiger partial charge in [-0.05, 0) is 12.8 Å². The van der Waals surface area contributed by atoms with Gasteiger partial charge in [-0.2, -0.15) is 0 Å². The Balaban J connectivity index is 1.87. The molecule has 0 aromatic heterocycles. The van der Waals surface area contributed by atoms with Crippen LogP contribution in [0, 0.1) is 17.5 Å². The maximum absolute atomic E-state index is 13.3. The molecule has 0 unspecified atom stereocenters. The zero-order chi connectivity index (χ0) is 13.8. The number of halogens is 3. The third kappa shape index (κ3) is 3.62. The lowest BCUT2D eigenvalue weighted by atomic mass is 10.2. The molecule has 1 aromatic rings. The standard InChI is InChI=1S/C13H15F3N2O/c14-9-5-11(16)12(6-10(9)15)17-7-13(19)18-8-3-1-2-4-8/h5-6,8,17H,1-4,7H2,(H,18,19). The quantitative estimate of drug-likeness (QED) is 0.827. The molecule has 0 aliphatic heterocycles. The lowest BCUT2D eigenvalue weighted by molar-refractivity contribution is -0.120. The number of anilines is 1. The number of benzene rings is 1. The lowest BCUT2D eigenvalue weighted by Crippen LogP contribution is -2.36. The van der Waals surface area contributed by atoms with E-state index in [9.17, 15) is 18.0 Å². The van der Waals surface area contributed by atoms with Crippen molar-refractivity contribution in [1.82, 2.24) is 5.32 Å². The summed E-state index contributed by atoms with van der Waals surface area (Å²) in [6.45, 7) is -0.168. The minimum Gasteiger partial charge on any atom is -0.374 e. The average molecular weight is 272 g/mol. The van der Waals surface area contributed by atoms with Crippen LogP contribution in [0.5, 0.6) is 0 Å². The molecule has 1 aliphatic carbocycles. The van der Waals surface area contributed by atoms with E-state index in [2.05, 4.69) is 10.6 Å². The monoisotopic (exact) mass is 272 g/mol. The van der Waals surface area contributed by atoms with Crippen LogP contribution in [0.15, 0.2) is 12.1 Å². The molecule has 1 amide bonds. The number of hydrogen-bond acceptors (Lipinski definition) is 2. The molecule has 0 saturated heterocycles. The first kappa shape index (κ1) is 13.7. The van der Waals surface area contributed by atoms with Crippen LogP contribution in [-0.2, 0) is 4.79 Å². The van der Waals surface area contributed by atoms with Crippen molar-refractivity contribution in [2.75, 3.05) is 11.9 Å². The highest BCUT2D eigenvalue weighted by Crippen LogP contribution is 2.19.